The van der Waals surface area contributed by atoms with Gasteiger partial charge in [0.2, 0.25) is 0 Å². The van der Waals surface area contributed by atoms with Gasteiger partial charge in [-0.3, -0.25) is 0 Å². The second-order valence-electron chi connectivity index (χ2n) is 4.07. The Hall–Kier alpha value is -0.940. The molecule has 0 aromatic heterocycles. The van der Waals surface area contributed by atoms with Crippen LogP contribution in [0.1, 0.15) is 24.9 Å². The minimum atomic E-state index is -2.98. The first kappa shape index (κ1) is 14.1. The van der Waals surface area contributed by atoms with Gasteiger partial charge in [0.15, 0.2) is 0 Å². The number of rotatable bonds is 6. The molecule has 0 saturated carbocycles. The third-order valence-corrected chi connectivity index (χ3v) is 3.50. The topological polar surface area (TPSA) is 46.2 Å². The van der Waals surface area contributed by atoms with E-state index in [0.717, 1.165) is 0 Å². The molecule has 1 aromatic rings. The van der Waals surface area contributed by atoms with Crippen LogP contribution in [-0.4, -0.2) is 27.0 Å². The zero-order chi connectivity index (χ0) is 12.9. The van der Waals surface area contributed by atoms with Crippen LogP contribution in [-0.2, 0) is 9.84 Å². The number of hydrogen-bond donors (Lipinski definition) is 1. The SMILES string of the molecule is CCC(NCCS(C)(=O)=O)c1ccccc1F. The summed E-state index contributed by atoms with van der Waals surface area (Å²) in [6.45, 7) is 2.27. The molecule has 0 radical (unpaired) electrons. The van der Waals surface area contributed by atoms with Gasteiger partial charge < -0.3 is 5.32 Å². The summed E-state index contributed by atoms with van der Waals surface area (Å²) in [6.07, 6.45) is 1.91. The molecule has 0 saturated heterocycles. The fraction of sp³-hybridized carbons (Fsp3) is 0.500. The molecule has 0 aliphatic carbocycles. The lowest BCUT2D eigenvalue weighted by Crippen LogP contribution is -2.27. The summed E-state index contributed by atoms with van der Waals surface area (Å²) in [4.78, 5) is 0. The first-order valence-corrected chi connectivity index (χ1v) is 7.65. The monoisotopic (exact) mass is 259 g/mol. The Bertz CT molecular complexity index is 459. The van der Waals surface area contributed by atoms with Crippen LogP contribution in [0.15, 0.2) is 24.3 Å². The Labute approximate surface area is 102 Å². The summed E-state index contributed by atoms with van der Waals surface area (Å²) in [5.74, 6) is -0.191. The van der Waals surface area contributed by atoms with Crippen molar-refractivity contribution in [2.24, 2.45) is 0 Å². The van der Waals surface area contributed by atoms with E-state index in [1.807, 2.05) is 6.92 Å². The van der Waals surface area contributed by atoms with E-state index in [4.69, 9.17) is 0 Å². The summed E-state index contributed by atoms with van der Waals surface area (Å²) in [6, 6.07) is 6.41. The third-order valence-electron chi connectivity index (χ3n) is 2.55. The molecule has 96 valence electrons. The van der Waals surface area contributed by atoms with E-state index in [1.54, 1.807) is 18.2 Å². The smallest absolute Gasteiger partial charge is 0.148 e. The van der Waals surface area contributed by atoms with Crippen LogP contribution in [0.5, 0.6) is 0 Å². The van der Waals surface area contributed by atoms with Gasteiger partial charge in [-0.05, 0) is 12.5 Å². The standard InChI is InChI=1S/C12H18FNO2S/c1-3-12(14-8-9-17(2,15)16)10-6-4-5-7-11(10)13/h4-7,12,14H,3,8-9H2,1-2H3. The molecule has 0 spiro atoms. The fourth-order valence-electron chi connectivity index (χ4n) is 1.65. The van der Waals surface area contributed by atoms with E-state index >= 15 is 0 Å². The highest BCUT2D eigenvalue weighted by Gasteiger charge is 2.13. The van der Waals surface area contributed by atoms with Crippen LogP contribution in [0, 0.1) is 5.82 Å². The van der Waals surface area contributed by atoms with E-state index in [9.17, 15) is 12.8 Å². The van der Waals surface area contributed by atoms with Gasteiger partial charge in [-0.1, -0.05) is 25.1 Å². The molecular formula is C12H18FNO2S. The Morgan fingerprint density at radius 1 is 1.35 bits per heavy atom. The van der Waals surface area contributed by atoms with Gasteiger partial charge in [-0.15, -0.1) is 0 Å². The highest BCUT2D eigenvalue weighted by Crippen LogP contribution is 2.19. The van der Waals surface area contributed by atoms with Gasteiger partial charge in [-0.25, -0.2) is 12.8 Å². The first-order chi connectivity index (χ1) is 7.94. The van der Waals surface area contributed by atoms with Crippen molar-refractivity contribution < 1.29 is 12.8 Å². The molecule has 1 atom stereocenters. The van der Waals surface area contributed by atoms with Crippen LogP contribution in [0.4, 0.5) is 4.39 Å². The minimum absolute atomic E-state index is 0.0674. The Morgan fingerprint density at radius 2 is 2.00 bits per heavy atom. The van der Waals surface area contributed by atoms with E-state index in [0.29, 0.717) is 18.5 Å². The molecule has 0 aliphatic rings. The van der Waals surface area contributed by atoms with Gasteiger partial charge in [0.25, 0.3) is 0 Å². The van der Waals surface area contributed by atoms with Crippen molar-refractivity contribution in [3.8, 4) is 0 Å². The predicted molar refractivity (Wildman–Crippen MR) is 67.1 cm³/mol. The van der Waals surface area contributed by atoms with Gasteiger partial charge in [0.05, 0.1) is 5.75 Å². The molecule has 5 heteroatoms. The summed E-state index contributed by atoms with van der Waals surface area (Å²) in [7, 11) is -2.98. The fourth-order valence-corrected chi connectivity index (χ4v) is 2.14. The summed E-state index contributed by atoms with van der Waals surface area (Å²) >= 11 is 0. The first-order valence-electron chi connectivity index (χ1n) is 5.59. The molecule has 0 aliphatic heterocycles. The number of nitrogens with one attached hydrogen (secondary N) is 1. The maximum Gasteiger partial charge on any atom is 0.148 e. The summed E-state index contributed by atoms with van der Waals surface area (Å²) in [5.41, 5.74) is 0.587. The molecule has 1 aromatic carbocycles. The van der Waals surface area contributed by atoms with Crippen molar-refractivity contribution in [1.82, 2.24) is 5.32 Å². The highest BCUT2D eigenvalue weighted by molar-refractivity contribution is 7.90. The Balaban J connectivity index is 2.64. The lowest BCUT2D eigenvalue weighted by molar-refractivity contribution is 0.499. The lowest BCUT2D eigenvalue weighted by atomic mass is 10.0. The molecule has 17 heavy (non-hydrogen) atoms. The zero-order valence-electron chi connectivity index (χ0n) is 10.1. The molecule has 0 heterocycles. The second kappa shape index (κ2) is 6.12. The quantitative estimate of drug-likeness (QED) is 0.849. The highest BCUT2D eigenvalue weighted by atomic mass is 32.2. The van der Waals surface area contributed by atoms with Crippen molar-refractivity contribution in [3.63, 3.8) is 0 Å². The number of hydrogen-bond acceptors (Lipinski definition) is 3. The Morgan fingerprint density at radius 3 is 2.53 bits per heavy atom. The largest absolute Gasteiger partial charge is 0.309 e. The normalized spacial score (nSPS) is 13.6. The summed E-state index contributed by atoms with van der Waals surface area (Å²) < 4.78 is 35.5. The number of benzene rings is 1. The minimum Gasteiger partial charge on any atom is -0.309 e. The second-order valence-corrected chi connectivity index (χ2v) is 6.33. The Kier molecular flexibility index (Phi) is 5.08. The van der Waals surface area contributed by atoms with Crippen LogP contribution in [0.25, 0.3) is 0 Å². The maximum absolute atomic E-state index is 13.5. The number of sulfone groups is 1. The van der Waals surface area contributed by atoms with Gasteiger partial charge >= 0.3 is 0 Å². The van der Waals surface area contributed by atoms with Crippen LogP contribution in [0.2, 0.25) is 0 Å². The van der Waals surface area contributed by atoms with Crippen molar-refractivity contribution in [2.75, 3.05) is 18.6 Å². The molecule has 1 N–H and O–H groups in total. The van der Waals surface area contributed by atoms with E-state index < -0.39 is 9.84 Å². The van der Waals surface area contributed by atoms with Crippen LogP contribution < -0.4 is 5.32 Å². The van der Waals surface area contributed by atoms with E-state index in [2.05, 4.69) is 5.32 Å². The number of halogens is 1. The average molecular weight is 259 g/mol. The third kappa shape index (κ3) is 4.83. The van der Waals surface area contributed by atoms with Crippen molar-refractivity contribution >= 4 is 9.84 Å². The molecule has 0 bridgehead atoms. The van der Waals surface area contributed by atoms with Crippen LogP contribution >= 0.6 is 0 Å². The molecule has 1 rings (SSSR count). The predicted octanol–water partition coefficient (Wildman–Crippen LogP) is 1.91. The van der Waals surface area contributed by atoms with Crippen molar-refractivity contribution in [3.05, 3.63) is 35.6 Å². The van der Waals surface area contributed by atoms with Crippen molar-refractivity contribution in [2.45, 2.75) is 19.4 Å². The van der Waals surface area contributed by atoms with Gasteiger partial charge in [-0.2, -0.15) is 0 Å². The molecule has 0 fully saturated rings. The van der Waals surface area contributed by atoms with Crippen LogP contribution in [0.3, 0.4) is 0 Å². The van der Waals surface area contributed by atoms with Crippen molar-refractivity contribution in [1.29, 1.82) is 0 Å². The van der Waals surface area contributed by atoms with Gasteiger partial charge in [0, 0.05) is 24.4 Å². The van der Waals surface area contributed by atoms with E-state index in [-0.39, 0.29) is 17.6 Å². The zero-order valence-corrected chi connectivity index (χ0v) is 10.9. The van der Waals surface area contributed by atoms with Gasteiger partial charge in [0.1, 0.15) is 15.7 Å². The average Bonchev–Trinajstić information content (AvgIpc) is 2.24. The maximum atomic E-state index is 13.5. The molecular weight excluding hydrogens is 241 g/mol. The molecule has 3 nitrogen and oxygen atoms in total. The molecule has 1 unspecified atom stereocenters. The lowest BCUT2D eigenvalue weighted by Gasteiger charge is -2.17. The summed E-state index contributed by atoms with van der Waals surface area (Å²) in [5, 5.41) is 3.06. The molecule has 0 amide bonds. The van der Waals surface area contributed by atoms with E-state index in [1.165, 1.54) is 12.3 Å².